The Morgan fingerprint density at radius 1 is 0.692 bits per heavy atom. The topological polar surface area (TPSA) is 81.3 Å². The molecule has 0 spiro atoms. The van der Waals surface area contributed by atoms with Gasteiger partial charge in [-0.05, 0) is 86.7 Å². The largest absolute Gasteiger partial charge is 0.416 e. The van der Waals surface area contributed by atoms with Gasteiger partial charge in [0.05, 0.1) is 29.9 Å². The van der Waals surface area contributed by atoms with Crippen molar-refractivity contribution < 1.29 is 49.2 Å². The highest BCUT2D eigenvalue weighted by Crippen LogP contribution is 2.39. The molecule has 0 unspecified atom stereocenters. The molecule has 2 N–H and O–H groups in total. The van der Waals surface area contributed by atoms with Gasteiger partial charge in [0.1, 0.15) is 18.4 Å². The third-order valence-corrected chi connectivity index (χ3v) is 25.4. The van der Waals surface area contributed by atoms with E-state index in [0.717, 1.165) is 54.4 Å². The van der Waals surface area contributed by atoms with Crippen LogP contribution in [0.5, 0.6) is 0 Å². The molecule has 0 radical (unpaired) electrons. The summed E-state index contributed by atoms with van der Waals surface area (Å²) < 4.78 is 110. The second kappa shape index (κ2) is 19.4. The summed E-state index contributed by atoms with van der Waals surface area (Å²) in [6.45, 7) is 19.4. The van der Waals surface area contributed by atoms with Crippen molar-refractivity contribution in [3.63, 3.8) is 0 Å². The Hall–Kier alpha value is -1.48. The number of benzene rings is 1. The lowest BCUT2D eigenvalue weighted by atomic mass is 9.95. The van der Waals surface area contributed by atoms with E-state index in [2.05, 4.69) is 72.9 Å². The lowest BCUT2D eigenvalue weighted by Crippen LogP contribution is -2.71. The maximum atomic E-state index is 13.6. The molecule has 1 aliphatic heterocycles. The number of hydrogen-bond donors (Lipinski definition) is 2. The summed E-state index contributed by atoms with van der Waals surface area (Å²) in [6.07, 6.45) is -13.0. The van der Waals surface area contributed by atoms with Gasteiger partial charge in [-0.3, -0.25) is 4.90 Å². The predicted molar refractivity (Wildman–Crippen MR) is 202 cm³/mol. The number of nitrogens with zero attached hydrogens (tertiary/aromatic N) is 1. The van der Waals surface area contributed by atoms with Crippen LogP contribution in [0.4, 0.5) is 36.8 Å². The fourth-order valence-electron chi connectivity index (χ4n) is 7.24. The number of nitrogens with one attached hydrogen (secondary N) is 2. The van der Waals surface area contributed by atoms with Gasteiger partial charge < -0.3 is 28.6 Å². The molecule has 17 heteroatoms. The van der Waals surface area contributed by atoms with Crippen LogP contribution in [-0.2, 0) is 30.4 Å². The van der Waals surface area contributed by atoms with E-state index in [1.807, 2.05) is 19.0 Å². The molecule has 302 valence electrons. The first-order valence-corrected chi connectivity index (χ1v) is 26.5. The Bertz CT molecular complexity index is 1210. The zero-order valence-electron chi connectivity index (χ0n) is 32.9. The van der Waals surface area contributed by atoms with E-state index in [-0.39, 0.29) is 12.7 Å². The number of likely N-dealkylation sites (N-methyl/N-ethyl adjacent to an activating group) is 1. The van der Waals surface area contributed by atoms with Crippen molar-refractivity contribution in [1.82, 2.24) is 10.2 Å². The lowest BCUT2D eigenvalue weighted by Gasteiger charge is -2.53. The number of amides is 2. The Labute approximate surface area is 310 Å². The Kier molecular flexibility index (Phi) is 17.4. The molecule has 1 aromatic carbocycles. The highest BCUT2D eigenvalue weighted by Gasteiger charge is 2.53. The zero-order valence-corrected chi connectivity index (χ0v) is 35.9. The van der Waals surface area contributed by atoms with Crippen LogP contribution in [0, 0.1) is 0 Å². The van der Waals surface area contributed by atoms with E-state index >= 15 is 0 Å². The summed E-state index contributed by atoms with van der Waals surface area (Å²) in [5.41, 5.74) is -3.72. The van der Waals surface area contributed by atoms with Crippen molar-refractivity contribution in [1.29, 1.82) is 0 Å². The summed E-state index contributed by atoms with van der Waals surface area (Å²) in [5, 5.41) is 4.97. The number of halogens is 6. The first kappa shape index (κ1) is 46.7. The summed E-state index contributed by atoms with van der Waals surface area (Å²) in [4.78, 5) is 15.5. The van der Waals surface area contributed by atoms with Crippen LogP contribution in [0.25, 0.3) is 0 Å². The fraction of sp³-hybridized carbons (Fsp3) is 0.800. The number of carbonyl (C=O) groups is 1. The lowest BCUT2D eigenvalue weighted by molar-refractivity contribution is -0.203. The van der Waals surface area contributed by atoms with Crippen molar-refractivity contribution in [2.75, 3.05) is 26.0 Å². The van der Waals surface area contributed by atoms with Crippen LogP contribution in [0.2, 0.25) is 54.4 Å². The second-order valence-corrected chi connectivity index (χ2v) is 28.4. The number of anilines is 1. The number of hydrogen-bond acceptors (Lipinski definition) is 6. The maximum absolute atomic E-state index is 13.6. The molecule has 5 atom stereocenters. The fourth-order valence-corrected chi connectivity index (χ4v) is 15.6. The van der Waals surface area contributed by atoms with Crippen molar-refractivity contribution in [2.24, 2.45) is 0 Å². The average molecular weight is 804 g/mol. The standard InChI is InChI=1S/C35H63F6N3O5Si3/c1-12-50(13-2,14-3)46-24-28-30(48-51(15-4,16-5)17-6)31(49-52(18-7,19-8)20-9)29(44(10)11)32(47-28)43-33(45)42-27-22-25(34(36,37)38)21-26(23-27)35(39,40)41/h21-23,28-32H,12-20,24H2,1-11H3,(H2,42,43,45)/t28-,29-,30-,31-,32-/m1/s1. The summed E-state index contributed by atoms with van der Waals surface area (Å²) in [5.74, 6) is 0. The summed E-state index contributed by atoms with van der Waals surface area (Å²) >= 11 is 0. The first-order valence-electron chi connectivity index (χ1n) is 18.9. The average Bonchev–Trinajstić information content (AvgIpc) is 3.10. The number of urea groups is 1. The number of rotatable bonds is 19. The van der Waals surface area contributed by atoms with Gasteiger partial charge in [0.2, 0.25) is 0 Å². The molecule has 8 nitrogen and oxygen atoms in total. The predicted octanol–water partition coefficient (Wildman–Crippen LogP) is 10.3. The van der Waals surface area contributed by atoms with Gasteiger partial charge in [0.15, 0.2) is 25.0 Å². The molecule has 0 aliphatic carbocycles. The molecule has 2 rings (SSSR count). The van der Waals surface area contributed by atoms with Crippen LogP contribution >= 0.6 is 0 Å². The number of ether oxygens (including phenoxy) is 1. The SMILES string of the molecule is CC[Si](CC)(CC)OC[C@H]1O[C@@H](NC(=O)Nc2cc(C(F)(F)F)cc(C(F)(F)F)c2)[C@H](N(C)C)[C@@H](O[Si](CC)(CC)CC)[C@@H]1O[Si](CC)(CC)CC. The molecular formula is C35H63F6N3O5Si3. The highest BCUT2D eigenvalue weighted by molar-refractivity contribution is 6.74. The van der Waals surface area contributed by atoms with Gasteiger partial charge in [-0.1, -0.05) is 62.3 Å². The Balaban J connectivity index is 2.73. The minimum Gasteiger partial charge on any atom is -0.414 e. The highest BCUT2D eigenvalue weighted by atomic mass is 28.4. The van der Waals surface area contributed by atoms with Crippen molar-refractivity contribution >= 4 is 36.7 Å². The molecule has 1 heterocycles. The van der Waals surface area contributed by atoms with E-state index < -0.39 is 90.7 Å². The van der Waals surface area contributed by atoms with Crippen molar-refractivity contribution in [3.8, 4) is 0 Å². The third-order valence-electron chi connectivity index (χ3n) is 11.5. The van der Waals surface area contributed by atoms with Crippen LogP contribution in [0.1, 0.15) is 73.4 Å². The smallest absolute Gasteiger partial charge is 0.414 e. The Morgan fingerprint density at radius 2 is 1.10 bits per heavy atom. The minimum absolute atomic E-state index is 0.0198. The monoisotopic (exact) mass is 803 g/mol. The molecule has 1 aliphatic rings. The van der Waals surface area contributed by atoms with Gasteiger partial charge in [0, 0.05) is 5.69 Å². The van der Waals surface area contributed by atoms with E-state index in [4.69, 9.17) is 18.0 Å². The van der Waals surface area contributed by atoms with E-state index in [9.17, 15) is 31.1 Å². The molecule has 1 saturated heterocycles. The van der Waals surface area contributed by atoms with E-state index in [1.165, 1.54) is 0 Å². The summed E-state index contributed by atoms with van der Waals surface area (Å²) in [7, 11) is -3.13. The Morgan fingerprint density at radius 3 is 1.46 bits per heavy atom. The zero-order chi connectivity index (χ0) is 39.7. The summed E-state index contributed by atoms with van der Waals surface area (Å²) in [6, 6.07) is 7.17. The third kappa shape index (κ3) is 11.5. The van der Waals surface area contributed by atoms with Gasteiger partial charge >= 0.3 is 18.4 Å². The van der Waals surface area contributed by atoms with Gasteiger partial charge in [0.25, 0.3) is 0 Å². The van der Waals surface area contributed by atoms with E-state index in [0.29, 0.717) is 12.1 Å². The number of carbonyl (C=O) groups excluding carboxylic acids is 1. The van der Waals surface area contributed by atoms with Gasteiger partial charge in [-0.25, -0.2) is 4.79 Å². The number of alkyl halides is 6. The van der Waals surface area contributed by atoms with Crippen LogP contribution in [0.3, 0.4) is 0 Å². The van der Waals surface area contributed by atoms with E-state index in [1.54, 1.807) is 0 Å². The first-order chi connectivity index (χ1) is 24.2. The molecule has 2 amide bonds. The van der Waals surface area contributed by atoms with Crippen molar-refractivity contribution in [2.45, 2.75) is 160 Å². The maximum Gasteiger partial charge on any atom is 0.416 e. The second-order valence-electron chi connectivity index (χ2n) is 14.1. The molecule has 52 heavy (non-hydrogen) atoms. The quantitative estimate of drug-likeness (QED) is 0.107. The van der Waals surface area contributed by atoms with Gasteiger partial charge in [-0.15, -0.1) is 0 Å². The molecule has 1 aromatic rings. The van der Waals surface area contributed by atoms with Crippen LogP contribution in [-0.4, -0.2) is 87.2 Å². The van der Waals surface area contributed by atoms with Crippen LogP contribution in [0.15, 0.2) is 18.2 Å². The molecule has 1 fully saturated rings. The molecule has 0 bridgehead atoms. The minimum atomic E-state index is -5.07. The molecule has 0 aromatic heterocycles. The van der Waals surface area contributed by atoms with Gasteiger partial charge in [-0.2, -0.15) is 26.3 Å². The normalized spacial score (nSPS) is 22.2. The van der Waals surface area contributed by atoms with Crippen molar-refractivity contribution in [3.05, 3.63) is 29.3 Å². The van der Waals surface area contributed by atoms with Crippen LogP contribution < -0.4 is 10.6 Å². The molecular weight excluding hydrogens is 741 g/mol. The molecule has 0 saturated carbocycles.